The van der Waals surface area contributed by atoms with Crippen LogP contribution in [-0.4, -0.2) is 33.9 Å². The van der Waals surface area contributed by atoms with Crippen LogP contribution in [0.3, 0.4) is 0 Å². The molecular formula is C26H25N3O2. The van der Waals surface area contributed by atoms with E-state index in [1.54, 1.807) is 6.07 Å². The number of nitrogens with one attached hydrogen (secondary N) is 1. The number of hydrogen-bond acceptors (Lipinski definition) is 3. The third kappa shape index (κ3) is 3.46. The number of H-pyrrole nitrogens is 1. The van der Waals surface area contributed by atoms with E-state index in [4.69, 9.17) is 4.74 Å². The maximum absolute atomic E-state index is 13.6. The van der Waals surface area contributed by atoms with Gasteiger partial charge in [-0.1, -0.05) is 36.4 Å². The second-order valence-corrected chi connectivity index (χ2v) is 7.88. The van der Waals surface area contributed by atoms with Crippen molar-refractivity contribution < 1.29 is 9.53 Å². The normalized spacial score (nSPS) is 15.7. The smallest absolute Gasteiger partial charge is 0.273 e. The predicted molar refractivity (Wildman–Crippen MR) is 121 cm³/mol. The van der Waals surface area contributed by atoms with Gasteiger partial charge in [-0.25, -0.2) is 4.98 Å². The topological polar surface area (TPSA) is 58.2 Å². The summed E-state index contributed by atoms with van der Waals surface area (Å²) in [4.78, 5) is 23.6. The maximum atomic E-state index is 13.6. The molecule has 0 fully saturated rings. The Bertz CT molecular complexity index is 1240. The second-order valence-electron chi connectivity index (χ2n) is 7.88. The highest BCUT2D eigenvalue weighted by Gasteiger charge is 2.35. The van der Waals surface area contributed by atoms with Crippen LogP contribution in [0.1, 0.15) is 46.0 Å². The van der Waals surface area contributed by atoms with Gasteiger partial charge in [-0.15, -0.1) is 0 Å². The number of aryl methyl sites for hydroxylation is 1. The number of ether oxygens (including phenoxy) is 1. The van der Waals surface area contributed by atoms with Crippen molar-refractivity contribution in [3.05, 3.63) is 94.9 Å². The number of nitrogens with zero attached hydrogens (tertiary/aromatic N) is 2. The third-order valence-electron chi connectivity index (χ3n) is 5.91. The molecule has 3 heterocycles. The van der Waals surface area contributed by atoms with Gasteiger partial charge in [-0.05, 0) is 61.7 Å². The standard InChI is InChI=1S/C26H25N3O2/c1-3-31-19-13-11-18(12-14-19)25-24-21(20-8-4-5-9-22(20)28-24)15-16-29(25)26(30)23-10-6-7-17(2)27-23/h4-14,25,28H,3,15-16H2,1-2H3/t25-/m0/s1. The Labute approximate surface area is 181 Å². The molecule has 5 heteroatoms. The highest BCUT2D eigenvalue weighted by atomic mass is 16.5. The molecule has 5 rings (SSSR count). The van der Waals surface area contributed by atoms with Gasteiger partial charge in [0.25, 0.3) is 5.91 Å². The highest BCUT2D eigenvalue weighted by Crippen LogP contribution is 2.39. The van der Waals surface area contributed by atoms with Gasteiger partial charge in [0.2, 0.25) is 0 Å². The summed E-state index contributed by atoms with van der Waals surface area (Å²) in [7, 11) is 0. The summed E-state index contributed by atoms with van der Waals surface area (Å²) in [5.41, 5.74) is 5.85. The molecule has 0 unspecified atom stereocenters. The molecule has 1 N–H and O–H groups in total. The van der Waals surface area contributed by atoms with Gasteiger partial charge in [0, 0.05) is 28.8 Å². The quantitative estimate of drug-likeness (QED) is 0.511. The molecule has 4 aromatic rings. The van der Waals surface area contributed by atoms with Crippen molar-refractivity contribution >= 4 is 16.8 Å². The van der Waals surface area contributed by atoms with Crippen molar-refractivity contribution in [2.24, 2.45) is 0 Å². The molecule has 0 spiro atoms. The molecular weight excluding hydrogens is 386 g/mol. The maximum Gasteiger partial charge on any atom is 0.273 e. The Hall–Kier alpha value is -3.60. The molecule has 31 heavy (non-hydrogen) atoms. The first kappa shape index (κ1) is 19.4. The van der Waals surface area contributed by atoms with Crippen LogP contribution >= 0.6 is 0 Å². The average molecular weight is 412 g/mol. The summed E-state index contributed by atoms with van der Waals surface area (Å²) in [6, 6.07) is 21.8. The van der Waals surface area contributed by atoms with Gasteiger partial charge in [-0.2, -0.15) is 0 Å². The Morgan fingerprint density at radius 3 is 2.68 bits per heavy atom. The minimum Gasteiger partial charge on any atom is -0.494 e. The van der Waals surface area contributed by atoms with Crippen molar-refractivity contribution in [2.45, 2.75) is 26.3 Å². The zero-order valence-electron chi connectivity index (χ0n) is 17.8. The summed E-state index contributed by atoms with van der Waals surface area (Å²) in [6.07, 6.45) is 0.810. The van der Waals surface area contributed by atoms with Crippen molar-refractivity contribution in [3.63, 3.8) is 0 Å². The summed E-state index contributed by atoms with van der Waals surface area (Å²) in [5.74, 6) is 0.782. The molecule has 0 bridgehead atoms. The van der Waals surface area contributed by atoms with E-state index in [9.17, 15) is 4.79 Å². The van der Waals surface area contributed by atoms with E-state index in [1.807, 2.05) is 49.1 Å². The fourth-order valence-electron chi connectivity index (χ4n) is 4.53. The van der Waals surface area contributed by atoms with Gasteiger partial charge in [0.1, 0.15) is 11.4 Å². The monoisotopic (exact) mass is 411 g/mol. The number of benzene rings is 2. The van der Waals surface area contributed by atoms with Crippen molar-refractivity contribution in [3.8, 4) is 5.75 Å². The van der Waals surface area contributed by atoms with Gasteiger partial charge < -0.3 is 14.6 Å². The van der Waals surface area contributed by atoms with Crippen molar-refractivity contribution in [2.75, 3.05) is 13.2 Å². The Morgan fingerprint density at radius 1 is 1.10 bits per heavy atom. The van der Waals surface area contributed by atoms with Gasteiger partial charge >= 0.3 is 0 Å². The second kappa shape index (κ2) is 7.91. The lowest BCUT2D eigenvalue weighted by Crippen LogP contribution is -2.41. The molecule has 1 aliphatic heterocycles. The lowest BCUT2D eigenvalue weighted by Gasteiger charge is -2.36. The predicted octanol–water partition coefficient (Wildman–Crippen LogP) is 5.06. The number of pyridine rings is 1. The molecule has 2 aromatic heterocycles. The lowest BCUT2D eigenvalue weighted by molar-refractivity contribution is 0.0685. The number of amides is 1. The lowest BCUT2D eigenvalue weighted by atomic mass is 9.92. The Kier molecular flexibility index (Phi) is 4.94. The first-order valence-corrected chi connectivity index (χ1v) is 10.7. The Morgan fingerprint density at radius 2 is 1.90 bits per heavy atom. The number of aromatic nitrogens is 2. The number of rotatable bonds is 4. The van der Waals surface area contributed by atoms with Crippen LogP contribution in [0.25, 0.3) is 10.9 Å². The molecule has 1 atom stereocenters. The largest absolute Gasteiger partial charge is 0.494 e. The molecule has 156 valence electrons. The molecule has 0 saturated carbocycles. The zero-order chi connectivity index (χ0) is 21.4. The molecule has 0 radical (unpaired) electrons. The first-order valence-electron chi connectivity index (χ1n) is 10.7. The summed E-state index contributed by atoms with van der Waals surface area (Å²) in [5, 5.41) is 1.23. The van der Waals surface area contributed by atoms with E-state index in [0.717, 1.165) is 34.6 Å². The van der Waals surface area contributed by atoms with Crippen LogP contribution in [0, 0.1) is 6.92 Å². The summed E-state index contributed by atoms with van der Waals surface area (Å²) >= 11 is 0. The zero-order valence-corrected chi connectivity index (χ0v) is 17.8. The van der Waals surface area contributed by atoms with Crippen LogP contribution in [-0.2, 0) is 6.42 Å². The van der Waals surface area contributed by atoms with E-state index in [0.29, 0.717) is 18.8 Å². The average Bonchev–Trinajstić information content (AvgIpc) is 3.17. The van der Waals surface area contributed by atoms with Crippen molar-refractivity contribution in [1.82, 2.24) is 14.9 Å². The third-order valence-corrected chi connectivity index (χ3v) is 5.91. The van der Waals surface area contributed by atoms with E-state index < -0.39 is 0 Å². The van der Waals surface area contributed by atoms with E-state index in [2.05, 4.69) is 40.3 Å². The minimum atomic E-state index is -0.207. The summed E-state index contributed by atoms with van der Waals surface area (Å²) in [6.45, 7) is 5.15. The van der Waals surface area contributed by atoms with Crippen LogP contribution in [0.5, 0.6) is 5.75 Å². The SMILES string of the molecule is CCOc1ccc([C@H]2c3[nH]c4ccccc4c3CCN2C(=O)c2cccc(C)n2)cc1. The van der Waals surface area contributed by atoms with Gasteiger partial charge in [0.15, 0.2) is 0 Å². The fourth-order valence-corrected chi connectivity index (χ4v) is 4.53. The van der Waals surface area contributed by atoms with Crippen molar-refractivity contribution in [1.29, 1.82) is 0 Å². The molecule has 0 saturated heterocycles. The van der Waals surface area contributed by atoms with Gasteiger partial charge in [0.05, 0.1) is 12.6 Å². The van der Waals surface area contributed by atoms with E-state index in [-0.39, 0.29) is 11.9 Å². The van der Waals surface area contributed by atoms with E-state index >= 15 is 0 Å². The number of carbonyl (C=O) groups is 1. The van der Waals surface area contributed by atoms with E-state index in [1.165, 1.54) is 10.9 Å². The number of fused-ring (bicyclic) bond motifs is 3. The van der Waals surface area contributed by atoms with Gasteiger partial charge in [-0.3, -0.25) is 4.79 Å². The number of carbonyl (C=O) groups excluding carboxylic acids is 1. The molecule has 0 aliphatic carbocycles. The minimum absolute atomic E-state index is 0.0492. The molecule has 2 aromatic carbocycles. The number of para-hydroxylation sites is 1. The van der Waals surface area contributed by atoms with Crippen LogP contribution in [0.4, 0.5) is 0 Å². The van der Waals surface area contributed by atoms with Crippen LogP contribution in [0.2, 0.25) is 0 Å². The molecule has 1 aliphatic rings. The highest BCUT2D eigenvalue weighted by molar-refractivity contribution is 5.94. The fraction of sp³-hybridized carbons (Fsp3) is 0.231. The molecule has 5 nitrogen and oxygen atoms in total. The number of aromatic amines is 1. The van der Waals surface area contributed by atoms with Crippen LogP contribution < -0.4 is 4.74 Å². The number of hydrogen-bond donors (Lipinski definition) is 1. The summed E-state index contributed by atoms with van der Waals surface area (Å²) < 4.78 is 5.62. The first-order chi connectivity index (χ1) is 15.2. The Balaban J connectivity index is 1.63. The molecule has 1 amide bonds. The van der Waals surface area contributed by atoms with Crippen LogP contribution in [0.15, 0.2) is 66.7 Å².